The quantitative estimate of drug-likeness (QED) is 0.589. The molecule has 1 aliphatic rings. The largest absolute Gasteiger partial charge is 0.292 e. The zero-order chi connectivity index (χ0) is 8.55. The van der Waals surface area contributed by atoms with Crippen molar-refractivity contribution in [2.75, 3.05) is 0 Å². The van der Waals surface area contributed by atoms with Crippen molar-refractivity contribution in [1.82, 2.24) is 4.98 Å². The van der Waals surface area contributed by atoms with Gasteiger partial charge in [0, 0.05) is 18.2 Å². The van der Waals surface area contributed by atoms with Crippen LogP contribution in [0.3, 0.4) is 0 Å². The Hall–Kier alpha value is -1.25. The summed E-state index contributed by atoms with van der Waals surface area (Å²) in [6.07, 6.45) is 1.10. The van der Waals surface area contributed by atoms with E-state index >= 15 is 0 Å². The monoisotopic (exact) mass is 165 g/mol. The van der Waals surface area contributed by atoms with E-state index in [0.717, 1.165) is 0 Å². The summed E-state index contributed by atoms with van der Waals surface area (Å²) in [4.78, 5) is 15.1. The highest BCUT2D eigenvalue weighted by Gasteiger charge is 2.25. The van der Waals surface area contributed by atoms with Crippen LogP contribution in [0.5, 0.6) is 0 Å². The molecular weight excluding hydrogens is 157 g/mol. The third-order valence-corrected chi connectivity index (χ3v) is 2.07. The van der Waals surface area contributed by atoms with Gasteiger partial charge in [-0.05, 0) is 12.5 Å². The summed E-state index contributed by atoms with van der Waals surface area (Å²) in [6.45, 7) is 0. The van der Waals surface area contributed by atoms with Crippen molar-refractivity contribution in [3.8, 4) is 0 Å². The van der Waals surface area contributed by atoms with E-state index in [-0.39, 0.29) is 12.2 Å². The molecule has 12 heavy (non-hydrogen) atoms. The molecule has 0 bridgehead atoms. The Labute approximate surface area is 69.4 Å². The molecule has 2 rings (SSSR count). The lowest BCUT2D eigenvalue weighted by Crippen LogP contribution is -2.14. The normalized spacial score (nSPS) is 22.1. The average Bonchev–Trinajstić information content (AvgIpc) is 2.12. The van der Waals surface area contributed by atoms with E-state index in [1.54, 1.807) is 12.1 Å². The van der Waals surface area contributed by atoms with E-state index in [1.165, 1.54) is 6.20 Å². The van der Waals surface area contributed by atoms with Crippen LogP contribution in [0, 0.1) is 0 Å². The number of hydrogen-bond donors (Lipinski definition) is 0. The fourth-order valence-corrected chi connectivity index (χ4v) is 1.44. The number of Topliss-reactive ketones (excluding diaryl/α,β-unsaturated/α-hetero) is 1. The van der Waals surface area contributed by atoms with Crippen molar-refractivity contribution < 1.29 is 9.18 Å². The minimum atomic E-state index is -1.01. The topological polar surface area (TPSA) is 30.0 Å². The number of rotatable bonds is 0. The van der Waals surface area contributed by atoms with Crippen molar-refractivity contribution in [3.63, 3.8) is 0 Å². The van der Waals surface area contributed by atoms with E-state index in [2.05, 4.69) is 4.98 Å². The summed E-state index contributed by atoms with van der Waals surface area (Å²) in [5, 5.41) is 0. The van der Waals surface area contributed by atoms with E-state index < -0.39 is 6.17 Å². The molecule has 0 radical (unpaired) electrons. The maximum Gasteiger partial charge on any atom is 0.181 e. The summed E-state index contributed by atoms with van der Waals surface area (Å²) in [5.41, 5.74) is 0.769. The van der Waals surface area contributed by atoms with Crippen molar-refractivity contribution in [3.05, 3.63) is 29.6 Å². The lowest BCUT2D eigenvalue weighted by atomic mass is 9.94. The number of ketones is 1. The van der Waals surface area contributed by atoms with Gasteiger partial charge in [0.1, 0.15) is 11.9 Å². The molecule has 1 aromatic heterocycles. The van der Waals surface area contributed by atoms with Gasteiger partial charge in [-0.1, -0.05) is 6.07 Å². The molecule has 0 amide bonds. The van der Waals surface area contributed by atoms with Crippen molar-refractivity contribution in [2.24, 2.45) is 0 Å². The van der Waals surface area contributed by atoms with Gasteiger partial charge in [0.15, 0.2) is 5.78 Å². The molecule has 62 valence electrons. The van der Waals surface area contributed by atoms with Gasteiger partial charge >= 0.3 is 0 Å². The Morgan fingerprint density at radius 3 is 3.17 bits per heavy atom. The number of alkyl halides is 1. The highest BCUT2D eigenvalue weighted by atomic mass is 19.1. The highest BCUT2D eigenvalue weighted by molar-refractivity contribution is 5.96. The minimum Gasteiger partial charge on any atom is -0.292 e. The molecule has 2 nitrogen and oxygen atoms in total. The van der Waals surface area contributed by atoms with Gasteiger partial charge in [0.2, 0.25) is 0 Å². The van der Waals surface area contributed by atoms with Crippen molar-refractivity contribution in [2.45, 2.75) is 19.0 Å². The van der Waals surface area contributed by atoms with Crippen LogP contribution in [0.4, 0.5) is 4.39 Å². The summed E-state index contributed by atoms with van der Waals surface area (Å²) in [5.74, 6) is -0.0421. The average molecular weight is 165 g/mol. The van der Waals surface area contributed by atoms with Gasteiger partial charge in [-0.15, -0.1) is 0 Å². The number of pyridine rings is 1. The van der Waals surface area contributed by atoms with Crippen LogP contribution in [-0.4, -0.2) is 10.8 Å². The van der Waals surface area contributed by atoms with Crippen LogP contribution < -0.4 is 0 Å². The second kappa shape index (κ2) is 2.66. The van der Waals surface area contributed by atoms with E-state index in [4.69, 9.17) is 0 Å². The van der Waals surface area contributed by atoms with Gasteiger partial charge in [0.25, 0.3) is 0 Å². The molecule has 0 saturated carbocycles. The molecule has 1 heterocycles. The van der Waals surface area contributed by atoms with Crippen LogP contribution in [0.2, 0.25) is 0 Å². The van der Waals surface area contributed by atoms with Gasteiger partial charge in [0.05, 0.1) is 0 Å². The fourth-order valence-electron chi connectivity index (χ4n) is 1.44. The number of nitrogens with zero attached hydrogens (tertiary/aromatic N) is 1. The van der Waals surface area contributed by atoms with Crippen molar-refractivity contribution >= 4 is 5.78 Å². The Bertz CT molecular complexity index is 324. The zero-order valence-electron chi connectivity index (χ0n) is 6.46. The van der Waals surface area contributed by atoms with Gasteiger partial charge in [-0.25, -0.2) is 4.39 Å². The molecule has 0 fully saturated rings. The van der Waals surface area contributed by atoms with E-state index in [1.807, 2.05) is 0 Å². The zero-order valence-corrected chi connectivity index (χ0v) is 6.46. The predicted molar refractivity (Wildman–Crippen MR) is 41.7 cm³/mol. The minimum absolute atomic E-state index is 0.0421. The lowest BCUT2D eigenvalue weighted by molar-refractivity contribution is 0.0943. The molecule has 1 atom stereocenters. The van der Waals surface area contributed by atoms with Crippen LogP contribution in [0.25, 0.3) is 0 Å². The number of carbonyl (C=O) groups is 1. The Kier molecular flexibility index (Phi) is 1.64. The fraction of sp³-hybridized carbons (Fsp3) is 0.333. The molecule has 3 heteroatoms. The molecule has 0 N–H and O–H groups in total. The molecule has 1 aliphatic carbocycles. The maximum absolute atomic E-state index is 13.2. The first kappa shape index (κ1) is 7.40. The molecule has 0 saturated heterocycles. The number of fused-ring (bicyclic) bond motifs is 1. The number of carbonyl (C=O) groups excluding carboxylic acids is 1. The molecule has 0 spiro atoms. The lowest BCUT2D eigenvalue weighted by Gasteiger charge is -2.16. The SMILES string of the molecule is O=C1CCC(F)c2cccnc21. The Morgan fingerprint density at radius 2 is 2.42 bits per heavy atom. The summed E-state index contributed by atoms with van der Waals surface area (Å²) >= 11 is 0. The molecular formula is C9H8FNO. The van der Waals surface area contributed by atoms with Crippen LogP contribution in [0.15, 0.2) is 18.3 Å². The standard InChI is InChI=1S/C9H8FNO/c10-7-3-4-8(12)9-6(7)2-1-5-11-9/h1-2,5,7H,3-4H2. The summed E-state index contributed by atoms with van der Waals surface area (Å²) in [7, 11) is 0. The first-order valence-corrected chi connectivity index (χ1v) is 3.91. The Morgan fingerprint density at radius 1 is 1.58 bits per heavy atom. The summed E-state index contributed by atoms with van der Waals surface area (Å²) in [6, 6.07) is 3.29. The van der Waals surface area contributed by atoms with Gasteiger partial charge in [-0.3, -0.25) is 9.78 Å². The molecule has 1 unspecified atom stereocenters. The van der Waals surface area contributed by atoms with Crippen molar-refractivity contribution in [1.29, 1.82) is 0 Å². The molecule has 1 aromatic rings. The number of halogens is 1. The van der Waals surface area contributed by atoms with Crippen LogP contribution >= 0.6 is 0 Å². The highest BCUT2D eigenvalue weighted by Crippen LogP contribution is 2.30. The number of aromatic nitrogens is 1. The third-order valence-electron chi connectivity index (χ3n) is 2.07. The van der Waals surface area contributed by atoms with E-state index in [0.29, 0.717) is 17.7 Å². The maximum atomic E-state index is 13.2. The third kappa shape index (κ3) is 1.02. The first-order chi connectivity index (χ1) is 5.79. The second-order valence-electron chi connectivity index (χ2n) is 2.87. The van der Waals surface area contributed by atoms with Crippen LogP contribution in [-0.2, 0) is 0 Å². The Balaban J connectivity index is 2.55. The summed E-state index contributed by atoms with van der Waals surface area (Å²) < 4.78 is 13.2. The molecule has 0 aliphatic heterocycles. The predicted octanol–water partition coefficient (Wildman–Crippen LogP) is 2.07. The number of hydrogen-bond acceptors (Lipinski definition) is 2. The van der Waals surface area contributed by atoms with Crippen LogP contribution in [0.1, 0.15) is 35.1 Å². The van der Waals surface area contributed by atoms with E-state index in [9.17, 15) is 9.18 Å². The van der Waals surface area contributed by atoms with Gasteiger partial charge < -0.3 is 0 Å². The van der Waals surface area contributed by atoms with Gasteiger partial charge in [-0.2, -0.15) is 0 Å². The first-order valence-electron chi connectivity index (χ1n) is 3.91. The smallest absolute Gasteiger partial charge is 0.181 e. The molecule has 0 aromatic carbocycles. The second-order valence-corrected chi connectivity index (χ2v) is 2.87.